The molecule has 0 fully saturated rings. The summed E-state index contributed by atoms with van der Waals surface area (Å²) in [6.45, 7) is 2.76. The molecule has 1 aromatic carbocycles. The van der Waals surface area contributed by atoms with E-state index >= 15 is 0 Å². The first kappa shape index (κ1) is 14.0. The van der Waals surface area contributed by atoms with E-state index in [4.69, 9.17) is 22.1 Å². The van der Waals surface area contributed by atoms with Crippen LogP contribution in [-0.4, -0.2) is 12.5 Å². The number of rotatable bonds is 6. The Labute approximate surface area is 107 Å². The second kappa shape index (κ2) is 7.30. The van der Waals surface area contributed by atoms with Gasteiger partial charge < -0.3 is 10.5 Å². The predicted molar refractivity (Wildman–Crippen MR) is 68.7 cm³/mol. The molecular formula is C13H18ClNO2. The van der Waals surface area contributed by atoms with Gasteiger partial charge in [0.2, 0.25) is 0 Å². The van der Waals surface area contributed by atoms with Gasteiger partial charge in [-0.15, -0.1) is 0 Å². The van der Waals surface area contributed by atoms with Crippen LogP contribution in [0, 0.1) is 5.92 Å². The Morgan fingerprint density at radius 1 is 1.41 bits per heavy atom. The molecule has 0 radical (unpaired) electrons. The number of benzene rings is 1. The number of ether oxygens (including phenoxy) is 1. The predicted octanol–water partition coefficient (Wildman–Crippen LogP) is 2.76. The van der Waals surface area contributed by atoms with Crippen LogP contribution in [0.3, 0.4) is 0 Å². The van der Waals surface area contributed by atoms with Gasteiger partial charge in [0.1, 0.15) is 6.61 Å². The molecular weight excluding hydrogens is 238 g/mol. The lowest BCUT2D eigenvalue weighted by molar-refractivity contribution is -0.149. The van der Waals surface area contributed by atoms with Crippen molar-refractivity contribution in [3.63, 3.8) is 0 Å². The lowest BCUT2D eigenvalue weighted by Gasteiger charge is -2.10. The van der Waals surface area contributed by atoms with Crippen molar-refractivity contribution in [2.24, 2.45) is 11.7 Å². The molecule has 94 valence electrons. The zero-order chi connectivity index (χ0) is 12.7. The highest BCUT2D eigenvalue weighted by Crippen LogP contribution is 2.12. The molecule has 1 atom stereocenters. The van der Waals surface area contributed by atoms with Crippen LogP contribution in [0.25, 0.3) is 0 Å². The van der Waals surface area contributed by atoms with E-state index < -0.39 is 0 Å². The van der Waals surface area contributed by atoms with Crippen molar-refractivity contribution < 1.29 is 9.53 Å². The van der Waals surface area contributed by atoms with Gasteiger partial charge in [-0.1, -0.05) is 30.7 Å². The van der Waals surface area contributed by atoms with Crippen LogP contribution in [0.4, 0.5) is 0 Å². The summed E-state index contributed by atoms with van der Waals surface area (Å²) < 4.78 is 5.20. The molecule has 3 nitrogen and oxygen atoms in total. The molecule has 1 rings (SSSR count). The van der Waals surface area contributed by atoms with Crippen molar-refractivity contribution in [3.8, 4) is 0 Å². The van der Waals surface area contributed by atoms with E-state index in [1.54, 1.807) is 12.1 Å². The third-order valence-electron chi connectivity index (χ3n) is 2.54. The molecule has 0 aliphatic heterocycles. The number of halogens is 1. The van der Waals surface area contributed by atoms with Gasteiger partial charge in [0.05, 0.1) is 5.92 Å². The fourth-order valence-corrected chi connectivity index (χ4v) is 1.55. The van der Waals surface area contributed by atoms with E-state index in [1.807, 2.05) is 19.1 Å². The van der Waals surface area contributed by atoms with Gasteiger partial charge in [-0.05, 0) is 37.1 Å². The Balaban J connectivity index is 2.34. The second-order valence-corrected chi connectivity index (χ2v) is 4.50. The van der Waals surface area contributed by atoms with Crippen molar-refractivity contribution in [1.82, 2.24) is 0 Å². The molecule has 0 aliphatic carbocycles. The standard InChI is InChI=1S/C13H18ClNO2/c1-10(3-2-8-15)13(16)17-9-11-4-6-12(14)7-5-11/h4-7,10H,2-3,8-9,15H2,1H3. The molecule has 0 spiro atoms. The molecule has 2 N–H and O–H groups in total. The second-order valence-electron chi connectivity index (χ2n) is 4.07. The molecule has 17 heavy (non-hydrogen) atoms. The highest BCUT2D eigenvalue weighted by atomic mass is 35.5. The van der Waals surface area contributed by atoms with Crippen molar-refractivity contribution in [2.45, 2.75) is 26.4 Å². The molecule has 1 unspecified atom stereocenters. The van der Waals surface area contributed by atoms with Gasteiger partial charge in [-0.3, -0.25) is 4.79 Å². The van der Waals surface area contributed by atoms with Crippen molar-refractivity contribution in [1.29, 1.82) is 0 Å². The summed E-state index contributed by atoms with van der Waals surface area (Å²) in [4.78, 5) is 11.6. The van der Waals surface area contributed by atoms with Gasteiger partial charge in [-0.2, -0.15) is 0 Å². The van der Waals surface area contributed by atoms with E-state index in [0.717, 1.165) is 18.4 Å². The van der Waals surface area contributed by atoms with Crippen LogP contribution in [0.5, 0.6) is 0 Å². The van der Waals surface area contributed by atoms with Gasteiger partial charge in [0.15, 0.2) is 0 Å². The maximum absolute atomic E-state index is 11.6. The molecule has 0 saturated carbocycles. The SMILES string of the molecule is CC(CCCN)C(=O)OCc1ccc(Cl)cc1. The first-order valence-corrected chi connectivity index (χ1v) is 6.12. The normalized spacial score (nSPS) is 12.2. The largest absolute Gasteiger partial charge is 0.461 e. The molecule has 4 heteroatoms. The number of esters is 1. The van der Waals surface area contributed by atoms with Gasteiger partial charge >= 0.3 is 5.97 Å². The zero-order valence-corrected chi connectivity index (χ0v) is 10.7. The van der Waals surface area contributed by atoms with Crippen LogP contribution in [0.1, 0.15) is 25.3 Å². The fraction of sp³-hybridized carbons (Fsp3) is 0.462. The topological polar surface area (TPSA) is 52.3 Å². The van der Waals surface area contributed by atoms with E-state index in [0.29, 0.717) is 18.2 Å². The fourth-order valence-electron chi connectivity index (χ4n) is 1.42. The average Bonchev–Trinajstić information content (AvgIpc) is 2.34. The Kier molecular flexibility index (Phi) is 6.01. The molecule has 0 heterocycles. The third-order valence-corrected chi connectivity index (χ3v) is 2.79. The number of hydrogen-bond acceptors (Lipinski definition) is 3. The summed E-state index contributed by atoms with van der Waals surface area (Å²) in [5.74, 6) is -0.265. The van der Waals surface area contributed by atoms with Crippen LogP contribution in [0.2, 0.25) is 5.02 Å². The summed E-state index contributed by atoms with van der Waals surface area (Å²) in [6.07, 6.45) is 1.62. The van der Waals surface area contributed by atoms with Gasteiger partial charge in [-0.25, -0.2) is 0 Å². The van der Waals surface area contributed by atoms with Crippen LogP contribution >= 0.6 is 11.6 Å². The highest BCUT2D eigenvalue weighted by molar-refractivity contribution is 6.30. The first-order chi connectivity index (χ1) is 8.13. The monoisotopic (exact) mass is 255 g/mol. The minimum Gasteiger partial charge on any atom is -0.461 e. The summed E-state index contributed by atoms with van der Waals surface area (Å²) in [7, 11) is 0. The van der Waals surface area contributed by atoms with Crippen molar-refractivity contribution in [2.75, 3.05) is 6.54 Å². The van der Waals surface area contributed by atoms with Crippen LogP contribution in [0.15, 0.2) is 24.3 Å². The van der Waals surface area contributed by atoms with Crippen molar-refractivity contribution >= 4 is 17.6 Å². The molecule has 0 aliphatic rings. The molecule has 0 bridgehead atoms. The Bertz CT molecular complexity index is 351. The Hall–Kier alpha value is -1.06. The maximum atomic E-state index is 11.6. The number of carbonyl (C=O) groups is 1. The van der Waals surface area contributed by atoms with E-state index in [9.17, 15) is 4.79 Å². The molecule has 1 aromatic rings. The summed E-state index contributed by atoms with van der Waals surface area (Å²) >= 11 is 5.76. The highest BCUT2D eigenvalue weighted by Gasteiger charge is 2.13. The smallest absolute Gasteiger partial charge is 0.308 e. The zero-order valence-electron chi connectivity index (χ0n) is 9.99. The molecule has 0 aromatic heterocycles. The third kappa shape index (κ3) is 5.20. The minimum atomic E-state index is -0.173. The first-order valence-electron chi connectivity index (χ1n) is 5.74. The average molecular weight is 256 g/mol. The van der Waals surface area contributed by atoms with Crippen LogP contribution < -0.4 is 5.73 Å². The molecule has 0 saturated heterocycles. The number of hydrogen-bond donors (Lipinski definition) is 1. The van der Waals surface area contributed by atoms with Crippen molar-refractivity contribution in [3.05, 3.63) is 34.9 Å². The molecule has 0 amide bonds. The van der Waals surface area contributed by atoms with E-state index in [1.165, 1.54) is 0 Å². The van der Waals surface area contributed by atoms with E-state index in [2.05, 4.69) is 0 Å². The number of nitrogens with two attached hydrogens (primary N) is 1. The summed E-state index contributed by atoms with van der Waals surface area (Å²) in [5.41, 5.74) is 6.33. The summed E-state index contributed by atoms with van der Waals surface area (Å²) in [6, 6.07) is 7.26. The lowest BCUT2D eigenvalue weighted by atomic mass is 10.1. The maximum Gasteiger partial charge on any atom is 0.308 e. The quantitative estimate of drug-likeness (QED) is 0.796. The minimum absolute atomic E-state index is 0.0918. The van der Waals surface area contributed by atoms with Crippen LogP contribution in [-0.2, 0) is 16.1 Å². The van der Waals surface area contributed by atoms with Gasteiger partial charge in [0.25, 0.3) is 0 Å². The Morgan fingerprint density at radius 3 is 2.65 bits per heavy atom. The summed E-state index contributed by atoms with van der Waals surface area (Å²) in [5, 5.41) is 0.677. The Morgan fingerprint density at radius 2 is 2.06 bits per heavy atom. The van der Waals surface area contributed by atoms with E-state index in [-0.39, 0.29) is 11.9 Å². The lowest BCUT2D eigenvalue weighted by Crippen LogP contribution is -2.16. The number of carbonyl (C=O) groups excluding carboxylic acids is 1. The van der Waals surface area contributed by atoms with Gasteiger partial charge in [0, 0.05) is 5.02 Å².